The number of aliphatic hydroxyl groups is 1. The van der Waals surface area contributed by atoms with E-state index in [1.54, 1.807) is 0 Å². The van der Waals surface area contributed by atoms with E-state index in [0.717, 1.165) is 31.4 Å². The lowest BCUT2D eigenvalue weighted by molar-refractivity contribution is -0.0820. The average molecular weight is 264 g/mol. The highest BCUT2D eigenvalue weighted by molar-refractivity contribution is 5.13. The van der Waals surface area contributed by atoms with Crippen LogP contribution in [0.15, 0.2) is 30.3 Å². The second-order valence-electron chi connectivity index (χ2n) is 5.18. The largest absolute Gasteiger partial charge is 0.388 e. The highest BCUT2D eigenvalue weighted by Gasteiger charge is 2.20. The maximum Gasteiger partial charge on any atom is 0.103 e. The third-order valence-electron chi connectivity index (χ3n) is 3.54. The van der Waals surface area contributed by atoms with Gasteiger partial charge in [-0.15, -0.1) is 0 Å². The van der Waals surface area contributed by atoms with Crippen LogP contribution in [0.2, 0.25) is 0 Å². The van der Waals surface area contributed by atoms with Gasteiger partial charge >= 0.3 is 0 Å². The molecule has 2 rings (SSSR count). The van der Waals surface area contributed by atoms with Gasteiger partial charge < -0.3 is 14.6 Å². The van der Waals surface area contributed by atoms with Crippen LogP contribution in [0.25, 0.3) is 0 Å². The summed E-state index contributed by atoms with van der Waals surface area (Å²) < 4.78 is 11.3. The van der Waals surface area contributed by atoms with E-state index in [0.29, 0.717) is 13.2 Å². The van der Waals surface area contributed by atoms with E-state index in [9.17, 15) is 5.11 Å². The number of hydrogen-bond acceptors (Lipinski definition) is 3. The Bertz CT molecular complexity index is 331. The Kier molecular flexibility index (Phi) is 6.34. The molecule has 1 saturated heterocycles. The van der Waals surface area contributed by atoms with Crippen LogP contribution < -0.4 is 0 Å². The predicted octanol–water partition coefficient (Wildman–Crippen LogP) is 2.91. The fourth-order valence-corrected chi connectivity index (χ4v) is 2.40. The van der Waals surface area contributed by atoms with Gasteiger partial charge in [-0.1, -0.05) is 49.6 Å². The van der Waals surface area contributed by atoms with Crippen molar-refractivity contribution in [2.75, 3.05) is 13.2 Å². The maximum absolute atomic E-state index is 10.1. The normalized spacial score (nSPS) is 22.5. The highest BCUT2D eigenvalue weighted by Crippen LogP contribution is 2.16. The predicted molar refractivity (Wildman–Crippen MR) is 74.9 cm³/mol. The zero-order valence-electron chi connectivity index (χ0n) is 11.5. The summed E-state index contributed by atoms with van der Waals surface area (Å²) in [6, 6.07) is 10.0. The number of rotatable bonds is 5. The van der Waals surface area contributed by atoms with E-state index < -0.39 is 6.10 Å². The Balaban J connectivity index is 1.69. The van der Waals surface area contributed by atoms with Crippen molar-refractivity contribution >= 4 is 0 Å². The van der Waals surface area contributed by atoms with Gasteiger partial charge in [-0.05, 0) is 18.4 Å². The summed E-state index contributed by atoms with van der Waals surface area (Å²) in [5, 5.41) is 10.1. The van der Waals surface area contributed by atoms with Crippen LogP contribution in [-0.2, 0) is 16.1 Å². The van der Waals surface area contributed by atoms with Gasteiger partial charge in [-0.25, -0.2) is 0 Å². The van der Waals surface area contributed by atoms with Gasteiger partial charge in [0.05, 0.1) is 19.3 Å². The lowest BCUT2D eigenvalue weighted by Gasteiger charge is -2.25. The summed E-state index contributed by atoms with van der Waals surface area (Å²) in [6.07, 6.45) is 5.10. The molecule has 0 bridgehead atoms. The first-order chi connectivity index (χ1) is 9.36. The van der Waals surface area contributed by atoms with Crippen LogP contribution in [-0.4, -0.2) is 30.5 Å². The molecule has 3 heteroatoms. The maximum atomic E-state index is 10.1. The molecule has 1 heterocycles. The molecule has 0 spiro atoms. The molecule has 0 aliphatic carbocycles. The van der Waals surface area contributed by atoms with Crippen molar-refractivity contribution < 1.29 is 14.6 Å². The number of hydrogen-bond donors (Lipinski definition) is 1. The molecule has 1 aromatic carbocycles. The van der Waals surface area contributed by atoms with E-state index >= 15 is 0 Å². The summed E-state index contributed by atoms with van der Waals surface area (Å²) in [6.45, 7) is 1.66. The fourth-order valence-electron chi connectivity index (χ4n) is 2.40. The molecule has 19 heavy (non-hydrogen) atoms. The molecular weight excluding hydrogens is 240 g/mol. The molecule has 1 aliphatic heterocycles. The Morgan fingerprint density at radius 3 is 2.79 bits per heavy atom. The number of ether oxygens (including phenoxy) is 2. The Morgan fingerprint density at radius 2 is 1.95 bits per heavy atom. The van der Waals surface area contributed by atoms with Crippen LogP contribution in [0.1, 0.15) is 37.7 Å². The van der Waals surface area contributed by atoms with Gasteiger partial charge in [0, 0.05) is 6.61 Å². The zero-order valence-corrected chi connectivity index (χ0v) is 11.5. The van der Waals surface area contributed by atoms with E-state index in [1.165, 1.54) is 12.8 Å². The molecule has 0 radical (unpaired) electrons. The monoisotopic (exact) mass is 264 g/mol. The van der Waals surface area contributed by atoms with Crippen LogP contribution in [0.4, 0.5) is 0 Å². The smallest absolute Gasteiger partial charge is 0.103 e. The second-order valence-corrected chi connectivity index (χ2v) is 5.18. The minimum absolute atomic E-state index is 0.0592. The minimum Gasteiger partial charge on any atom is -0.388 e. The Morgan fingerprint density at radius 1 is 1.16 bits per heavy atom. The quantitative estimate of drug-likeness (QED) is 0.888. The van der Waals surface area contributed by atoms with Crippen molar-refractivity contribution in [1.29, 1.82) is 0 Å². The summed E-state index contributed by atoms with van der Waals surface area (Å²) in [7, 11) is 0. The van der Waals surface area contributed by atoms with Crippen LogP contribution >= 0.6 is 0 Å². The molecule has 0 aromatic heterocycles. The first-order valence-electron chi connectivity index (χ1n) is 7.27. The number of aliphatic hydroxyl groups excluding tert-OH is 1. The van der Waals surface area contributed by atoms with Crippen molar-refractivity contribution in [3.05, 3.63) is 35.9 Å². The van der Waals surface area contributed by atoms with Crippen LogP contribution in [0.3, 0.4) is 0 Å². The first kappa shape index (κ1) is 14.5. The van der Waals surface area contributed by atoms with Crippen molar-refractivity contribution in [2.45, 2.75) is 50.9 Å². The zero-order chi connectivity index (χ0) is 13.3. The molecule has 2 atom stereocenters. The average Bonchev–Trinajstić information content (AvgIpc) is 2.39. The lowest BCUT2D eigenvalue weighted by atomic mass is 10.0. The van der Waals surface area contributed by atoms with Gasteiger partial charge in [0.1, 0.15) is 6.10 Å². The van der Waals surface area contributed by atoms with Crippen molar-refractivity contribution in [1.82, 2.24) is 0 Å². The Labute approximate surface area is 115 Å². The molecule has 0 amide bonds. The first-order valence-corrected chi connectivity index (χ1v) is 7.27. The molecule has 1 aliphatic rings. The summed E-state index contributed by atoms with van der Waals surface area (Å²) in [5.74, 6) is 0. The van der Waals surface area contributed by atoms with Crippen molar-refractivity contribution in [3.63, 3.8) is 0 Å². The standard InChI is InChI=1S/C16H24O3/c17-15(16-10-6-1-2-7-11-19-16)13-18-12-14-8-4-3-5-9-14/h3-5,8-9,15-17H,1-2,6-7,10-13H2/t15-,16-/m1/s1. The van der Waals surface area contributed by atoms with Crippen molar-refractivity contribution in [2.24, 2.45) is 0 Å². The van der Waals surface area contributed by atoms with Crippen LogP contribution in [0.5, 0.6) is 0 Å². The second kappa shape index (κ2) is 8.31. The SMILES string of the molecule is O[C@H](COCc1ccccc1)[C@H]1CCCCCCO1. The van der Waals surface area contributed by atoms with Gasteiger partial charge in [0.25, 0.3) is 0 Å². The topological polar surface area (TPSA) is 38.7 Å². The number of benzene rings is 1. The summed E-state index contributed by atoms with van der Waals surface area (Å²) >= 11 is 0. The van der Waals surface area contributed by atoms with E-state index in [4.69, 9.17) is 9.47 Å². The molecule has 1 fully saturated rings. The molecular formula is C16H24O3. The molecule has 106 valence electrons. The fraction of sp³-hybridized carbons (Fsp3) is 0.625. The van der Waals surface area contributed by atoms with Crippen molar-refractivity contribution in [3.8, 4) is 0 Å². The molecule has 0 saturated carbocycles. The van der Waals surface area contributed by atoms with Gasteiger partial charge in [0.15, 0.2) is 0 Å². The van der Waals surface area contributed by atoms with E-state index in [1.807, 2.05) is 30.3 Å². The van der Waals surface area contributed by atoms with Gasteiger partial charge in [0.2, 0.25) is 0 Å². The van der Waals surface area contributed by atoms with Crippen LogP contribution in [0, 0.1) is 0 Å². The summed E-state index contributed by atoms with van der Waals surface area (Å²) in [5.41, 5.74) is 1.13. The Hall–Kier alpha value is -0.900. The van der Waals surface area contributed by atoms with E-state index in [2.05, 4.69) is 0 Å². The third kappa shape index (κ3) is 5.31. The van der Waals surface area contributed by atoms with E-state index in [-0.39, 0.29) is 6.10 Å². The summed E-state index contributed by atoms with van der Waals surface area (Å²) in [4.78, 5) is 0. The minimum atomic E-state index is -0.512. The van der Waals surface area contributed by atoms with Gasteiger partial charge in [-0.2, -0.15) is 0 Å². The van der Waals surface area contributed by atoms with Gasteiger partial charge in [-0.3, -0.25) is 0 Å². The molecule has 1 aromatic rings. The lowest BCUT2D eigenvalue weighted by Crippen LogP contribution is -2.34. The molecule has 1 N–H and O–H groups in total. The highest BCUT2D eigenvalue weighted by atomic mass is 16.5. The third-order valence-corrected chi connectivity index (χ3v) is 3.54. The molecule has 0 unspecified atom stereocenters. The molecule has 3 nitrogen and oxygen atoms in total.